The van der Waals surface area contributed by atoms with Gasteiger partial charge in [0.25, 0.3) is 0 Å². The predicted octanol–water partition coefficient (Wildman–Crippen LogP) is 2.47. The van der Waals surface area contributed by atoms with Gasteiger partial charge in [-0.2, -0.15) is 0 Å². The van der Waals surface area contributed by atoms with E-state index in [9.17, 15) is 0 Å². The van der Waals surface area contributed by atoms with Crippen LogP contribution in [0.15, 0.2) is 36.4 Å². The zero-order valence-electron chi connectivity index (χ0n) is 7.49. The van der Waals surface area contributed by atoms with Crippen LogP contribution in [-0.2, 0) is 0 Å². The molecule has 12 heavy (non-hydrogen) atoms. The largest absolute Gasteiger partial charge is 0.389 e. The highest BCUT2D eigenvalue weighted by atomic mass is 16.3. The van der Waals surface area contributed by atoms with Crippen molar-refractivity contribution in [3.05, 3.63) is 42.0 Å². The molecule has 1 aromatic rings. The molecule has 1 aromatic carbocycles. The third-order valence-electron chi connectivity index (χ3n) is 1.72. The minimum absolute atomic E-state index is 0.370. The highest BCUT2D eigenvalue weighted by Gasteiger charge is 1.95. The van der Waals surface area contributed by atoms with E-state index in [0.717, 1.165) is 5.57 Å². The molecular weight excluding hydrogens is 148 g/mol. The Labute approximate surface area is 73.4 Å². The molecule has 0 radical (unpaired) electrons. The third-order valence-corrected chi connectivity index (χ3v) is 1.72. The predicted molar refractivity (Wildman–Crippen MR) is 51.8 cm³/mol. The highest BCUT2D eigenvalue weighted by Crippen LogP contribution is 2.12. The molecular formula is C11H14O. The van der Waals surface area contributed by atoms with E-state index in [4.69, 9.17) is 5.11 Å². The molecule has 64 valence electrons. The molecule has 0 aliphatic carbocycles. The number of aliphatic hydroxyl groups is 1. The fraction of sp³-hybridized carbons (Fsp3) is 0.273. The Morgan fingerprint density at radius 2 is 1.92 bits per heavy atom. The molecule has 0 saturated carbocycles. The molecule has 0 fully saturated rings. The molecule has 1 atom stereocenters. The number of aliphatic hydroxyl groups excluding tert-OH is 1. The van der Waals surface area contributed by atoms with E-state index in [2.05, 4.69) is 0 Å². The van der Waals surface area contributed by atoms with E-state index in [1.165, 1.54) is 5.56 Å². The second-order valence-electron chi connectivity index (χ2n) is 2.96. The Balaban J connectivity index is 2.85. The quantitative estimate of drug-likeness (QED) is 0.708. The lowest BCUT2D eigenvalue weighted by atomic mass is 10.1. The minimum Gasteiger partial charge on any atom is -0.389 e. The van der Waals surface area contributed by atoms with Gasteiger partial charge in [0.05, 0.1) is 6.10 Å². The fourth-order valence-corrected chi connectivity index (χ4v) is 1.16. The number of allylic oxidation sites excluding steroid dienone is 1. The van der Waals surface area contributed by atoms with Crippen LogP contribution in [0.4, 0.5) is 0 Å². The van der Waals surface area contributed by atoms with Crippen molar-refractivity contribution in [2.45, 2.75) is 20.0 Å². The maximum Gasteiger partial charge on any atom is 0.0698 e. The molecule has 0 unspecified atom stereocenters. The van der Waals surface area contributed by atoms with Crippen molar-refractivity contribution in [3.8, 4) is 0 Å². The molecule has 0 bridgehead atoms. The van der Waals surface area contributed by atoms with Gasteiger partial charge in [0.1, 0.15) is 0 Å². The summed E-state index contributed by atoms with van der Waals surface area (Å²) < 4.78 is 0. The van der Waals surface area contributed by atoms with Crippen molar-refractivity contribution in [1.29, 1.82) is 0 Å². The minimum atomic E-state index is -0.370. The van der Waals surface area contributed by atoms with E-state index in [0.29, 0.717) is 0 Å². The van der Waals surface area contributed by atoms with Crippen molar-refractivity contribution >= 4 is 5.57 Å². The van der Waals surface area contributed by atoms with Gasteiger partial charge < -0.3 is 5.11 Å². The summed E-state index contributed by atoms with van der Waals surface area (Å²) in [5, 5.41) is 9.11. The molecule has 1 nitrogen and oxygen atoms in total. The van der Waals surface area contributed by atoms with Crippen LogP contribution in [0.25, 0.3) is 5.57 Å². The lowest BCUT2D eigenvalue weighted by Gasteiger charge is -2.02. The van der Waals surface area contributed by atoms with Crippen LogP contribution in [-0.4, -0.2) is 11.2 Å². The van der Waals surface area contributed by atoms with E-state index in [1.54, 1.807) is 6.92 Å². The molecule has 0 aliphatic heterocycles. The van der Waals surface area contributed by atoms with Crippen molar-refractivity contribution in [2.75, 3.05) is 0 Å². The van der Waals surface area contributed by atoms with Gasteiger partial charge in [-0.1, -0.05) is 36.4 Å². The lowest BCUT2D eigenvalue weighted by molar-refractivity contribution is 0.244. The van der Waals surface area contributed by atoms with E-state index in [-0.39, 0.29) is 6.10 Å². The van der Waals surface area contributed by atoms with Gasteiger partial charge in [-0.3, -0.25) is 0 Å². The van der Waals surface area contributed by atoms with Crippen molar-refractivity contribution in [1.82, 2.24) is 0 Å². The summed E-state index contributed by atoms with van der Waals surface area (Å²) in [5.74, 6) is 0. The van der Waals surface area contributed by atoms with Crippen LogP contribution >= 0.6 is 0 Å². The summed E-state index contributed by atoms with van der Waals surface area (Å²) in [6, 6.07) is 10.0. The summed E-state index contributed by atoms with van der Waals surface area (Å²) in [5.41, 5.74) is 2.28. The Kier molecular flexibility index (Phi) is 3.06. The second kappa shape index (κ2) is 4.07. The Morgan fingerprint density at radius 1 is 1.33 bits per heavy atom. The van der Waals surface area contributed by atoms with Crippen molar-refractivity contribution in [3.63, 3.8) is 0 Å². The SMILES string of the molecule is C/C(=C/[C@@H](C)O)c1ccccc1. The smallest absolute Gasteiger partial charge is 0.0698 e. The number of hydrogen-bond acceptors (Lipinski definition) is 1. The molecule has 0 spiro atoms. The molecule has 0 saturated heterocycles. The average Bonchev–Trinajstić information content (AvgIpc) is 2.05. The van der Waals surface area contributed by atoms with Gasteiger partial charge in [-0.05, 0) is 25.0 Å². The van der Waals surface area contributed by atoms with E-state index >= 15 is 0 Å². The van der Waals surface area contributed by atoms with Crippen LogP contribution in [0.2, 0.25) is 0 Å². The first-order chi connectivity index (χ1) is 5.70. The average molecular weight is 162 g/mol. The van der Waals surface area contributed by atoms with Gasteiger partial charge in [0.15, 0.2) is 0 Å². The van der Waals surface area contributed by atoms with Crippen LogP contribution in [0, 0.1) is 0 Å². The number of hydrogen-bond donors (Lipinski definition) is 1. The second-order valence-corrected chi connectivity index (χ2v) is 2.96. The first-order valence-electron chi connectivity index (χ1n) is 4.12. The summed E-state index contributed by atoms with van der Waals surface area (Å²) in [4.78, 5) is 0. The highest BCUT2D eigenvalue weighted by molar-refractivity contribution is 5.63. The van der Waals surface area contributed by atoms with Crippen LogP contribution in [0.3, 0.4) is 0 Å². The Hall–Kier alpha value is -1.08. The van der Waals surface area contributed by atoms with Gasteiger partial charge in [0, 0.05) is 0 Å². The first-order valence-corrected chi connectivity index (χ1v) is 4.12. The van der Waals surface area contributed by atoms with E-state index in [1.807, 2.05) is 43.3 Å². The summed E-state index contributed by atoms with van der Waals surface area (Å²) in [6.07, 6.45) is 1.47. The fourth-order valence-electron chi connectivity index (χ4n) is 1.16. The number of benzene rings is 1. The van der Waals surface area contributed by atoms with Crippen LogP contribution in [0.5, 0.6) is 0 Å². The molecule has 0 amide bonds. The topological polar surface area (TPSA) is 20.2 Å². The molecule has 0 heterocycles. The summed E-state index contributed by atoms with van der Waals surface area (Å²) >= 11 is 0. The monoisotopic (exact) mass is 162 g/mol. The summed E-state index contributed by atoms with van der Waals surface area (Å²) in [7, 11) is 0. The number of rotatable bonds is 2. The van der Waals surface area contributed by atoms with Crippen LogP contribution < -0.4 is 0 Å². The maximum absolute atomic E-state index is 9.11. The van der Waals surface area contributed by atoms with Crippen molar-refractivity contribution in [2.24, 2.45) is 0 Å². The van der Waals surface area contributed by atoms with Crippen LogP contribution in [0.1, 0.15) is 19.4 Å². The maximum atomic E-state index is 9.11. The molecule has 1 heteroatoms. The third kappa shape index (κ3) is 2.51. The zero-order valence-corrected chi connectivity index (χ0v) is 7.49. The van der Waals surface area contributed by atoms with Gasteiger partial charge >= 0.3 is 0 Å². The molecule has 0 aromatic heterocycles. The van der Waals surface area contributed by atoms with Crippen molar-refractivity contribution < 1.29 is 5.11 Å². The molecule has 1 N–H and O–H groups in total. The Morgan fingerprint density at radius 3 is 2.42 bits per heavy atom. The van der Waals surface area contributed by atoms with Gasteiger partial charge in [-0.15, -0.1) is 0 Å². The summed E-state index contributed by atoms with van der Waals surface area (Å²) in [6.45, 7) is 3.76. The standard InChI is InChI=1S/C11H14O/c1-9(8-10(2)12)11-6-4-3-5-7-11/h3-8,10,12H,1-2H3/b9-8-/t10-/m1/s1. The lowest BCUT2D eigenvalue weighted by Crippen LogP contribution is -1.94. The van der Waals surface area contributed by atoms with E-state index < -0.39 is 0 Å². The zero-order chi connectivity index (χ0) is 8.97. The normalized spacial score (nSPS) is 14.4. The first kappa shape index (κ1) is 9.01. The Bertz CT molecular complexity index is 260. The van der Waals surface area contributed by atoms with Gasteiger partial charge in [0.2, 0.25) is 0 Å². The molecule has 0 aliphatic rings. The van der Waals surface area contributed by atoms with Gasteiger partial charge in [-0.25, -0.2) is 0 Å². The molecule has 1 rings (SSSR count).